The first-order chi connectivity index (χ1) is 11.7. The highest BCUT2D eigenvalue weighted by atomic mass is 19.1. The SMILES string of the molecule is O=C(c1ccc(NCc2ccc(F)cc2)cn1)N1CCCCCC1. The number of likely N-dealkylation sites (tertiary alicyclic amines) is 1. The molecule has 3 rings (SSSR count). The van der Waals surface area contributed by atoms with Crippen LogP contribution < -0.4 is 5.32 Å². The molecule has 4 nitrogen and oxygen atoms in total. The van der Waals surface area contributed by atoms with Gasteiger partial charge in [0.25, 0.3) is 5.91 Å². The molecule has 0 saturated carbocycles. The molecular formula is C19H22FN3O. The first-order valence-corrected chi connectivity index (χ1v) is 8.46. The molecule has 0 radical (unpaired) electrons. The van der Waals surface area contributed by atoms with E-state index in [-0.39, 0.29) is 11.7 Å². The van der Waals surface area contributed by atoms with Crippen molar-refractivity contribution < 1.29 is 9.18 Å². The third kappa shape index (κ3) is 4.31. The summed E-state index contributed by atoms with van der Waals surface area (Å²) in [6.07, 6.45) is 6.22. The van der Waals surface area contributed by atoms with E-state index in [0.717, 1.165) is 37.2 Å². The minimum absolute atomic E-state index is 0.0157. The van der Waals surface area contributed by atoms with Gasteiger partial charge in [-0.3, -0.25) is 4.79 Å². The number of amides is 1. The lowest BCUT2D eigenvalue weighted by atomic mass is 10.2. The van der Waals surface area contributed by atoms with Crippen molar-refractivity contribution in [3.8, 4) is 0 Å². The second-order valence-electron chi connectivity index (χ2n) is 6.12. The summed E-state index contributed by atoms with van der Waals surface area (Å²) in [4.78, 5) is 18.7. The Kier molecular flexibility index (Phi) is 5.41. The van der Waals surface area contributed by atoms with Crippen LogP contribution >= 0.6 is 0 Å². The molecule has 1 aliphatic heterocycles. The number of aromatic nitrogens is 1. The Bertz CT molecular complexity index is 662. The molecule has 0 atom stereocenters. The highest BCUT2D eigenvalue weighted by Crippen LogP contribution is 2.14. The normalized spacial score (nSPS) is 15.0. The van der Waals surface area contributed by atoms with Crippen LogP contribution in [0.25, 0.3) is 0 Å². The Morgan fingerprint density at radius 2 is 1.75 bits per heavy atom. The first-order valence-electron chi connectivity index (χ1n) is 8.46. The molecule has 1 saturated heterocycles. The summed E-state index contributed by atoms with van der Waals surface area (Å²) in [7, 11) is 0. The van der Waals surface area contributed by atoms with Gasteiger partial charge in [0.15, 0.2) is 0 Å². The monoisotopic (exact) mass is 327 g/mol. The predicted octanol–water partition coefficient (Wildman–Crippen LogP) is 3.85. The summed E-state index contributed by atoms with van der Waals surface area (Å²) < 4.78 is 12.9. The highest BCUT2D eigenvalue weighted by molar-refractivity contribution is 5.92. The van der Waals surface area contributed by atoms with E-state index < -0.39 is 0 Å². The minimum Gasteiger partial charge on any atom is -0.380 e. The number of hydrogen-bond donors (Lipinski definition) is 1. The van der Waals surface area contributed by atoms with Gasteiger partial charge in [0.2, 0.25) is 0 Å². The fraction of sp³-hybridized carbons (Fsp3) is 0.368. The van der Waals surface area contributed by atoms with Crippen LogP contribution in [0.1, 0.15) is 41.7 Å². The fourth-order valence-electron chi connectivity index (χ4n) is 2.87. The molecule has 0 unspecified atom stereocenters. The van der Waals surface area contributed by atoms with Gasteiger partial charge in [-0.1, -0.05) is 25.0 Å². The quantitative estimate of drug-likeness (QED) is 0.928. The van der Waals surface area contributed by atoms with Crippen molar-refractivity contribution in [3.05, 3.63) is 59.7 Å². The molecule has 2 heterocycles. The van der Waals surface area contributed by atoms with Crippen molar-refractivity contribution in [2.75, 3.05) is 18.4 Å². The Labute approximate surface area is 141 Å². The minimum atomic E-state index is -0.239. The van der Waals surface area contributed by atoms with Crippen molar-refractivity contribution in [2.45, 2.75) is 32.2 Å². The second kappa shape index (κ2) is 7.90. The van der Waals surface area contributed by atoms with E-state index in [1.165, 1.54) is 25.0 Å². The molecule has 1 amide bonds. The van der Waals surface area contributed by atoms with Gasteiger partial charge in [-0.2, -0.15) is 0 Å². The van der Waals surface area contributed by atoms with Crippen molar-refractivity contribution >= 4 is 11.6 Å². The van der Waals surface area contributed by atoms with E-state index in [9.17, 15) is 9.18 Å². The molecular weight excluding hydrogens is 305 g/mol. The largest absolute Gasteiger partial charge is 0.380 e. The number of benzene rings is 1. The third-order valence-electron chi connectivity index (χ3n) is 4.29. The summed E-state index contributed by atoms with van der Waals surface area (Å²) in [6.45, 7) is 2.23. The van der Waals surface area contributed by atoms with E-state index in [4.69, 9.17) is 0 Å². The van der Waals surface area contributed by atoms with Crippen molar-refractivity contribution in [1.82, 2.24) is 9.88 Å². The van der Waals surface area contributed by atoms with Crippen LogP contribution in [0.2, 0.25) is 0 Å². The van der Waals surface area contributed by atoms with Gasteiger partial charge in [-0.25, -0.2) is 9.37 Å². The van der Waals surface area contributed by atoms with Crippen molar-refractivity contribution in [3.63, 3.8) is 0 Å². The zero-order valence-corrected chi connectivity index (χ0v) is 13.7. The molecule has 126 valence electrons. The molecule has 1 aliphatic rings. The summed E-state index contributed by atoms with van der Waals surface area (Å²) in [5, 5.41) is 3.23. The van der Waals surface area contributed by atoms with E-state index >= 15 is 0 Å². The van der Waals surface area contributed by atoms with Crippen molar-refractivity contribution in [1.29, 1.82) is 0 Å². The smallest absolute Gasteiger partial charge is 0.272 e. The van der Waals surface area contributed by atoms with Gasteiger partial charge in [0.1, 0.15) is 11.5 Å². The lowest BCUT2D eigenvalue weighted by Crippen LogP contribution is -2.32. The van der Waals surface area contributed by atoms with Crippen molar-refractivity contribution in [2.24, 2.45) is 0 Å². The van der Waals surface area contributed by atoms with Gasteiger partial charge >= 0.3 is 0 Å². The number of anilines is 1. The number of nitrogens with zero attached hydrogens (tertiary/aromatic N) is 2. The molecule has 1 fully saturated rings. The maximum atomic E-state index is 12.9. The zero-order chi connectivity index (χ0) is 16.8. The Hall–Kier alpha value is -2.43. The van der Waals surface area contributed by atoms with Crippen LogP contribution in [-0.2, 0) is 6.54 Å². The van der Waals surface area contributed by atoms with Crippen LogP contribution in [0.15, 0.2) is 42.6 Å². The number of hydrogen-bond acceptors (Lipinski definition) is 3. The number of carbonyl (C=O) groups excluding carboxylic acids is 1. The molecule has 24 heavy (non-hydrogen) atoms. The average Bonchev–Trinajstić information content (AvgIpc) is 2.90. The van der Waals surface area contributed by atoms with Gasteiger partial charge in [0, 0.05) is 19.6 Å². The molecule has 2 aromatic rings. The maximum Gasteiger partial charge on any atom is 0.272 e. The van der Waals surface area contributed by atoms with Gasteiger partial charge in [-0.15, -0.1) is 0 Å². The van der Waals surface area contributed by atoms with Crippen LogP contribution in [0.3, 0.4) is 0 Å². The molecule has 0 bridgehead atoms. The van der Waals surface area contributed by atoms with Crippen LogP contribution in [0.4, 0.5) is 10.1 Å². The average molecular weight is 327 g/mol. The first kappa shape index (κ1) is 16.4. The molecule has 1 aromatic carbocycles. The summed E-state index contributed by atoms with van der Waals surface area (Å²) in [6, 6.07) is 10.00. The Morgan fingerprint density at radius 3 is 2.38 bits per heavy atom. The molecule has 0 aliphatic carbocycles. The van der Waals surface area contributed by atoms with E-state index in [2.05, 4.69) is 10.3 Å². The van der Waals surface area contributed by atoms with E-state index in [1.54, 1.807) is 24.4 Å². The van der Waals surface area contributed by atoms with E-state index in [1.807, 2.05) is 11.0 Å². The predicted molar refractivity (Wildman–Crippen MR) is 92.3 cm³/mol. The number of rotatable bonds is 4. The third-order valence-corrected chi connectivity index (χ3v) is 4.29. The van der Waals surface area contributed by atoms with Crippen LogP contribution in [0, 0.1) is 5.82 Å². The number of halogens is 1. The summed E-state index contributed by atoms with van der Waals surface area (Å²) >= 11 is 0. The zero-order valence-electron chi connectivity index (χ0n) is 13.7. The highest BCUT2D eigenvalue weighted by Gasteiger charge is 2.18. The standard InChI is InChI=1S/C19H22FN3O/c20-16-7-5-15(6-8-16)13-21-17-9-10-18(22-14-17)19(24)23-11-3-1-2-4-12-23/h5-10,14,21H,1-4,11-13H2. The van der Waals surface area contributed by atoms with Gasteiger partial charge in [0.05, 0.1) is 11.9 Å². The molecule has 1 aromatic heterocycles. The van der Waals surface area contributed by atoms with Crippen LogP contribution in [0.5, 0.6) is 0 Å². The Balaban J connectivity index is 1.58. The van der Waals surface area contributed by atoms with Crippen LogP contribution in [-0.4, -0.2) is 28.9 Å². The molecule has 5 heteroatoms. The van der Waals surface area contributed by atoms with Gasteiger partial charge < -0.3 is 10.2 Å². The summed E-state index contributed by atoms with van der Waals surface area (Å²) in [5.41, 5.74) is 2.32. The number of carbonyl (C=O) groups is 1. The topological polar surface area (TPSA) is 45.2 Å². The molecule has 1 N–H and O–H groups in total. The number of pyridine rings is 1. The lowest BCUT2D eigenvalue weighted by Gasteiger charge is -2.19. The molecule has 0 spiro atoms. The maximum absolute atomic E-state index is 12.9. The summed E-state index contributed by atoms with van der Waals surface area (Å²) in [5.74, 6) is -0.223. The van der Waals surface area contributed by atoms with Gasteiger partial charge in [-0.05, 0) is 42.7 Å². The number of nitrogens with one attached hydrogen (secondary N) is 1. The Morgan fingerprint density at radius 1 is 1.04 bits per heavy atom. The second-order valence-corrected chi connectivity index (χ2v) is 6.12. The van der Waals surface area contributed by atoms with E-state index in [0.29, 0.717) is 12.2 Å². The lowest BCUT2D eigenvalue weighted by molar-refractivity contribution is 0.0756. The fourth-order valence-corrected chi connectivity index (χ4v) is 2.87.